The zero-order valence-electron chi connectivity index (χ0n) is 11.7. The number of rotatable bonds is 4. The van der Waals surface area contributed by atoms with Crippen molar-refractivity contribution in [2.24, 2.45) is 0 Å². The lowest BCUT2D eigenvalue weighted by Crippen LogP contribution is -2.37. The number of pyridine rings is 1. The molecule has 2 N–H and O–H groups in total. The molecular formula is C14H19N3O4. The summed E-state index contributed by atoms with van der Waals surface area (Å²) in [4.78, 5) is 31.3. The molecule has 7 nitrogen and oxygen atoms in total. The molecule has 0 aromatic carbocycles. The topological polar surface area (TPSA) is 94.0 Å². The molecule has 2 heterocycles. The molecule has 21 heavy (non-hydrogen) atoms. The highest BCUT2D eigenvalue weighted by Crippen LogP contribution is 2.11. The van der Waals surface area contributed by atoms with Gasteiger partial charge < -0.3 is 15.1 Å². The number of aliphatic hydroxyl groups is 1. The van der Waals surface area contributed by atoms with Gasteiger partial charge in [0.2, 0.25) is 0 Å². The molecule has 1 aliphatic heterocycles. The first-order valence-corrected chi connectivity index (χ1v) is 6.94. The predicted molar refractivity (Wildman–Crippen MR) is 75.2 cm³/mol. The minimum atomic E-state index is -1.15. The second kappa shape index (κ2) is 7.14. The molecule has 0 bridgehead atoms. The van der Waals surface area contributed by atoms with Crippen LogP contribution in [0.2, 0.25) is 0 Å². The molecule has 0 radical (unpaired) electrons. The lowest BCUT2D eigenvalue weighted by atomic mass is 10.1. The van der Waals surface area contributed by atoms with Crippen LogP contribution in [0, 0.1) is 0 Å². The monoisotopic (exact) mass is 293 g/mol. The van der Waals surface area contributed by atoms with Crippen molar-refractivity contribution in [2.45, 2.75) is 6.42 Å². The highest BCUT2D eigenvalue weighted by atomic mass is 16.4. The number of carbonyl (C=O) groups excluding carboxylic acids is 1. The largest absolute Gasteiger partial charge is 0.478 e. The van der Waals surface area contributed by atoms with Crippen molar-refractivity contribution in [2.75, 3.05) is 39.3 Å². The maximum atomic E-state index is 12.5. The number of amides is 1. The minimum absolute atomic E-state index is 0.0133. The maximum absolute atomic E-state index is 12.5. The average Bonchev–Trinajstić information content (AvgIpc) is 2.72. The number of aliphatic hydroxyl groups excluding tert-OH is 1. The number of carboxylic acid groups (broad SMARTS) is 1. The summed E-state index contributed by atoms with van der Waals surface area (Å²) in [5.74, 6) is -1.50. The molecule has 114 valence electrons. The molecule has 2 rings (SSSR count). The Kier molecular flexibility index (Phi) is 5.24. The van der Waals surface area contributed by atoms with Gasteiger partial charge in [0, 0.05) is 32.4 Å². The third-order valence-electron chi connectivity index (χ3n) is 3.53. The van der Waals surface area contributed by atoms with Crippen LogP contribution in [-0.4, -0.2) is 76.2 Å². The number of hydrogen-bond acceptors (Lipinski definition) is 5. The van der Waals surface area contributed by atoms with E-state index in [1.165, 1.54) is 18.3 Å². The van der Waals surface area contributed by atoms with E-state index in [1.807, 2.05) is 0 Å². The van der Waals surface area contributed by atoms with Crippen molar-refractivity contribution in [3.05, 3.63) is 29.6 Å². The molecule has 0 saturated carbocycles. The van der Waals surface area contributed by atoms with Gasteiger partial charge in [0.1, 0.15) is 5.69 Å². The average molecular weight is 293 g/mol. The molecular weight excluding hydrogens is 274 g/mol. The first-order chi connectivity index (χ1) is 10.1. The molecule has 1 aromatic rings. The van der Waals surface area contributed by atoms with Crippen LogP contribution in [0.15, 0.2) is 18.3 Å². The summed E-state index contributed by atoms with van der Waals surface area (Å²) in [5.41, 5.74) is -0.0837. The quantitative estimate of drug-likeness (QED) is 0.806. The number of hydrogen-bond donors (Lipinski definition) is 2. The van der Waals surface area contributed by atoms with Crippen LogP contribution in [-0.2, 0) is 0 Å². The van der Waals surface area contributed by atoms with Crippen LogP contribution in [0.4, 0.5) is 0 Å². The molecule has 7 heteroatoms. The zero-order valence-corrected chi connectivity index (χ0v) is 11.7. The molecule has 0 aliphatic carbocycles. The first-order valence-electron chi connectivity index (χ1n) is 6.94. The lowest BCUT2D eigenvalue weighted by Gasteiger charge is -2.21. The Morgan fingerprint density at radius 3 is 2.76 bits per heavy atom. The molecule has 1 aliphatic rings. The maximum Gasteiger partial charge on any atom is 0.338 e. The SMILES string of the molecule is O=C(O)c1cccnc1C(=O)N1CCCN(CCO)CC1. The number of β-amino-alcohol motifs (C(OH)–C–C–N with tert-alkyl or cyclic N) is 1. The van der Waals surface area contributed by atoms with E-state index in [-0.39, 0.29) is 23.8 Å². The number of carbonyl (C=O) groups is 2. The van der Waals surface area contributed by atoms with Gasteiger partial charge in [-0.05, 0) is 25.1 Å². The highest BCUT2D eigenvalue weighted by Gasteiger charge is 2.24. The second-order valence-electron chi connectivity index (χ2n) is 4.92. The van der Waals surface area contributed by atoms with Crippen LogP contribution >= 0.6 is 0 Å². The summed E-state index contributed by atoms with van der Waals surface area (Å²) in [5, 5.41) is 18.1. The van der Waals surface area contributed by atoms with E-state index in [9.17, 15) is 9.59 Å². The lowest BCUT2D eigenvalue weighted by molar-refractivity contribution is 0.0673. The van der Waals surface area contributed by atoms with Gasteiger partial charge in [-0.1, -0.05) is 0 Å². The summed E-state index contributed by atoms with van der Waals surface area (Å²) in [6, 6.07) is 2.89. The minimum Gasteiger partial charge on any atom is -0.478 e. The van der Waals surface area contributed by atoms with Crippen LogP contribution in [0.25, 0.3) is 0 Å². The fourth-order valence-electron chi connectivity index (χ4n) is 2.44. The van der Waals surface area contributed by atoms with E-state index in [4.69, 9.17) is 10.2 Å². The summed E-state index contributed by atoms with van der Waals surface area (Å²) < 4.78 is 0. The van der Waals surface area contributed by atoms with Gasteiger partial charge in [0.25, 0.3) is 5.91 Å². The van der Waals surface area contributed by atoms with E-state index in [0.717, 1.165) is 13.0 Å². The Balaban J connectivity index is 2.12. The van der Waals surface area contributed by atoms with Crippen LogP contribution in [0.3, 0.4) is 0 Å². The Hall–Kier alpha value is -1.99. The van der Waals surface area contributed by atoms with E-state index >= 15 is 0 Å². The van der Waals surface area contributed by atoms with Crippen molar-refractivity contribution in [1.82, 2.24) is 14.8 Å². The van der Waals surface area contributed by atoms with Gasteiger partial charge in [-0.3, -0.25) is 14.7 Å². The Morgan fingerprint density at radius 2 is 2.05 bits per heavy atom. The van der Waals surface area contributed by atoms with Crippen LogP contribution in [0.5, 0.6) is 0 Å². The summed E-state index contributed by atoms with van der Waals surface area (Å²) in [6.45, 7) is 3.24. The van der Waals surface area contributed by atoms with Gasteiger partial charge in [-0.2, -0.15) is 0 Å². The van der Waals surface area contributed by atoms with E-state index in [0.29, 0.717) is 26.2 Å². The van der Waals surface area contributed by atoms with Gasteiger partial charge in [0.15, 0.2) is 0 Å². The summed E-state index contributed by atoms with van der Waals surface area (Å²) in [6.07, 6.45) is 2.22. The highest BCUT2D eigenvalue weighted by molar-refractivity contribution is 6.03. The number of carboxylic acids is 1. The Bertz CT molecular complexity index is 521. The molecule has 1 aromatic heterocycles. The van der Waals surface area contributed by atoms with Crippen molar-refractivity contribution >= 4 is 11.9 Å². The number of nitrogens with zero attached hydrogens (tertiary/aromatic N) is 3. The fourth-order valence-corrected chi connectivity index (χ4v) is 2.44. The van der Waals surface area contributed by atoms with Crippen LogP contribution in [0.1, 0.15) is 27.3 Å². The Morgan fingerprint density at radius 1 is 1.24 bits per heavy atom. The number of aromatic nitrogens is 1. The smallest absolute Gasteiger partial charge is 0.338 e. The molecule has 0 atom stereocenters. The van der Waals surface area contributed by atoms with Gasteiger partial charge in [0.05, 0.1) is 12.2 Å². The van der Waals surface area contributed by atoms with Gasteiger partial charge in [-0.25, -0.2) is 4.79 Å². The van der Waals surface area contributed by atoms with Crippen molar-refractivity contribution in [3.63, 3.8) is 0 Å². The molecule has 1 amide bonds. The normalized spacial score (nSPS) is 16.5. The first kappa shape index (κ1) is 15.4. The van der Waals surface area contributed by atoms with Gasteiger partial charge >= 0.3 is 5.97 Å². The predicted octanol–water partition coefficient (Wildman–Crippen LogP) is -0.0800. The molecule has 1 saturated heterocycles. The third-order valence-corrected chi connectivity index (χ3v) is 3.53. The number of aromatic carboxylic acids is 1. The van der Waals surface area contributed by atoms with E-state index in [1.54, 1.807) is 4.90 Å². The molecule has 0 unspecified atom stereocenters. The summed E-state index contributed by atoms with van der Waals surface area (Å²) in [7, 11) is 0. The standard InChI is InChI=1S/C14H19N3O4/c18-10-9-16-5-2-6-17(8-7-16)13(19)12-11(14(20)21)3-1-4-15-12/h1,3-4,18H,2,5-10H2,(H,20,21). The fraction of sp³-hybridized carbons (Fsp3) is 0.500. The van der Waals surface area contributed by atoms with Gasteiger partial charge in [-0.15, -0.1) is 0 Å². The summed E-state index contributed by atoms with van der Waals surface area (Å²) >= 11 is 0. The van der Waals surface area contributed by atoms with Crippen LogP contribution < -0.4 is 0 Å². The van der Waals surface area contributed by atoms with E-state index < -0.39 is 5.97 Å². The molecule has 1 fully saturated rings. The molecule has 0 spiro atoms. The van der Waals surface area contributed by atoms with E-state index in [2.05, 4.69) is 9.88 Å². The Labute approximate surface area is 122 Å². The van der Waals surface area contributed by atoms with Crippen molar-refractivity contribution in [3.8, 4) is 0 Å². The third kappa shape index (κ3) is 3.77. The van der Waals surface area contributed by atoms with Crippen molar-refractivity contribution in [1.29, 1.82) is 0 Å². The second-order valence-corrected chi connectivity index (χ2v) is 4.92. The zero-order chi connectivity index (χ0) is 15.2. The van der Waals surface area contributed by atoms with Crippen molar-refractivity contribution < 1.29 is 19.8 Å².